The van der Waals surface area contributed by atoms with Gasteiger partial charge in [-0.25, -0.2) is 0 Å². The lowest BCUT2D eigenvalue weighted by Gasteiger charge is -1.82. The lowest BCUT2D eigenvalue weighted by atomic mass is 10.4. The molecule has 4 heteroatoms. The molecule has 1 aromatic heterocycles. The van der Waals surface area contributed by atoms with Gasteiger partial charge in [0.15, 0.2) is 0 Å². The van der Waals surface area contributed by atoms with Crippen LogP contribution in [0.5, 0.6) is 0 Å². The molecule has 0 unspecified atom stereocenters. The molecule has 0 aliphatic rings. The standard InChI is InChI=1S/C4H6N2OS/c7-2-1-4-3-8-6-5-4/h3,7H,1-2H2. The molecule has 8 heavy (non-hydrogen) atoms. The molecule has 44 valence electrons. The Labute approximate surface area is 51.1 Å². The number of aromatic nitrogens is 2. The van der Waals surface area contributed by atoms with Crippen LogP contribution < -0.4 is 0 Å². The molecule has 0 aromatic carbocycles. The number of nitrogens with zero attached hydrogens (tertiary/aromatic N) is 2. The van der Waals surface area contributed by atoms with E-state index in [4.69, 9.17) is 5.11 Å². The zero-order chi connectivity index (χ0) is 5.82. The highest BCUT2D eigenvalue weighted by Gasteiger charge is 1.91. The highest BCUT2D eigenvalue weighted by atomic mass is 32.1. The van der Waals surface area contributed by atoms with Crippen LogP contribution in [0, 0.1) is 0 Å². The molecule has 1 rings (SSSR count). The number of aliphatic hydroxyl groups is 1. The minimum absolute atomic E-state index is 0.158. The Morgan fingerprint density at radius 2 is 2.62 bits per heavy atom. The predicted octanol–water partition coefficient (Wildman–Crippen LogP) is 0.0729. The van der Waals surface area contributed by atoms with E-state index in [1.165, 1.54) is 11.5 Å². The van der Waals surface area contributed by atoms with Crippen LogP contribution in [-0.4, -0.2) is 21.3 Å². The minimum Gasteiger partial charge on any atom is -0.396 e. The molecule has 0 fully saturated rings. The summed E-state index contributed by atoms with van der Waals surface area (Å²) in [4.78, 5) is 0. The number of hydrogen-bond acceptors (Lipinski definition) is 4. The molecule has 0 atom stereocenters. The maximum absolute atomic E-state index is 8.37. The smallest absolute Gasteiger partial charge is 0.0778 e. The SMILES string of the molecule is OCCc1csnn1. The van der Waals surface area contributed by atoms with Crippen molar-refractivity contribution in [3.8, 4) is 0 Å². The molecular formula is C4H6N2OS. The quantitative estimate of drug-likeness (QED) is 0.616. The Morgan fingerprint density at radius 3 is 3.12 bits per heavy atom. The molecule has 1 aromatic rings. The Kier molecular flexibility index (Phi) is 1.93. The minimum atomic E-state index is 0.158. The van der Waals surface area contributed by atoms with Gasteiger partial charge in [0.05, 0.1) is 5.69 Å². The maximum atomic E-state index is 8.37. The zero-order valence-corrected chi connectivity index (χ0v) is 5.06. The maximum Gasteiger partial charge on any atom is 0.0778 e. The van der Waals surface area contributed by atoms with Crippen LogP contribution in [0.2, 0.25) is 0 Å². The highest BCUT2D eigenvalue weighted by molar-refractivity contribution is 7.03. The average Bonchev–Trinajstić information content (AvgIpc) is 2.19. The molecule has 1 N–H and O–H groups in total. The van der Waals surface area contributed by atoms with Crippen LogP contribution in [0.25, 0.3) is 0 Å². The second-order valence-corrected chi connectivity index (χ2v) is 1.98. The summed E-state index contributed by atoms with van der Waals surface area (Å²) in [7, 11) is 0. The molecule has 0 saturated carbocycles. The van der Waals surface area contributed by atoms with Gasteiger partial charge in [0.2, 0.25) is 0 Å². The van der Waals surface area contributed by atoms with Crippen molar-refractivity contribution < 1.29 is 5.11 Å². The van der Waals surface area contributed by atoms with Crippen molar-refractivity contribution in [1.29, 1.82) is 0 Å². The van der Waals surface area contributed by atoms with Crippen molar-refractivity contribution in [2.24, 2.45) is 0 Å². The van der Waals surface area contributed by atoms with Gasteiger partial charge in [-0.3, -0.25) is 0 Å². The van der Waals surface area contributed by atoms with E-state index in [1.54, 1.807) is 0 Å². The van der Waals surface area contributed by atoms with E-state index in [-0.39, 0.29) is 6.61 Å². The van der Waals surface area contributed by atoms with Crippen LogP contribution in [0.1, 0.15) is 5.69 Å². The summed E-state index contributed by atoms with van der Waals surface area (Å²) in [5.41, 5.74) is 0.873. The van der Waals surface area contributed by atoms with Gasteiger partial charge in [-0.15, -0.1) is 5.10 Å². The van der Waals surface area contributed by atoms with Gasteiger partial charge >= 0.3 is 0 Å². The van der Waals surface area contributed by atoms with E-state index >= 15 is 0 Å². The second-order valence-electron chi connectivity index (χ2n) is 1.37. The van der Waals surface area contributed by atoms with Gasteiger partial charge in [-0.05, 0) is 11.5 Å². The summed E-state index contributed by atoms with van der Waals surface area (Å²) >= 11 is 1.31. The first-order valence-electron chi connectivity index (χ1n) is 2.30. The summed E-state index contributed by atoms with van der Waals surface area (Å²) < 4.78 is 3.62. The summed E-state index contributed by atoms with van der Waals surface area (Å²) in [6.07, 6.45) is 0.622. The number of hydrogen-bond donors (Lipinski definition) is 1. The lowest BCUT2D eigenvalue weighted by molar-refractivity contribution is 0.298. The van der Waals surface area contributed by atoms with Crippen LogP contribution in [0.15, 0.2) is 5.38 Å². The first-order chi connectivity index (χ1) is 3.93. The number of aliphatic hydroxyl groups excluding tert-OH is 1. The first-order valence-corrected chi connectivity index (χ1v) is 3.14. The van der Waals surface area contributed by atoms with E-state index in [0.717, 1.165) is 5.69 Å². The van der Waals surface area contributed by atoms with Crippen molar-refractivity contribution in [2.45, 2.75) is 6.42 Å². The topological polar surface area (TPSA) is 46.0 Å². The Morgan fingerprint density at radius 1 is 1.75 bits per heavy atom. The third-order valence-corrected chi connectivity index (χ3v) is 1.33. The van der Waals surface area contributed by atoms with Crippen molar-refractivity contribution in [1.82, 2.24) is 9.59 Å². The molecule has 0 amide bonds. The molecule has 0 saturated heterocycles. The van der Waals surface area contributed by atoms with Crippen LogP contribution >= 0.6 is 11.5 Å². The Balaban J connectivity index is 2.50. The zero-order valence-electron chi connectivity index (χ0n) is 4.24. The first kappa shape index (κ1) is 5.65. The van der Waals surface area contributed by atoms with E-state index in [0.29, 0.717) is 6.42 Å². The molecule has 0 bridgehead atoms. The Hall–Kier alpha value is -0.480. The predicted molar refractivity (Wildman–Crippen MR) is 30.7 cm³/mol. The van der Waals surface area contributed by atoms with Crippen molar-refractivity contribution in [3.05, 3.63) is 11.1 Å². The monoisotopic (exact) mass is 130 g/mol. The van der Waals surface area contributed by atoms with E-state index < -0.39 is 0 Å². The van der Waals surface area contributed by atoms with Crippen molar-refractivity contribution >= 4 is 11.5 Å². The van der Waals surface area contributed by atoms with Crippen molar-refractivity contribution in [2.75, 3.05) is 6.61 Å². The van der Waals surface area contributed by atoms with Gasteiger partial charge in [0.25, 0.3) is 0 Å². The van der Waals surface area contributed by atoms with Gasteiger partial charge < -0.3 is 5.11 Å². The number of rotatable bonds is 2. The molecule has 0 aliphatic heterocycles. The fourth-order valence-electron chi connectivity index (χ4n) is 0.407. The summed E-state index contributed by atoms with van der Waals surface area (Å²) in [6, 6.07) is 0. The molecular weight excluding hydrogens is 124 g/mol. The fraction of sp³-hybridized carbons (Fsp3) is 0.500. The normalized spacial score (nSPS) is 9.62. The van der Waals surface area contributed by atoms with Gasteiger partial charge in [-0.2, -0.15) is 0 Å². The van der Waals surface area contributed by atoms with Crippen LogP contribution in [0.4, 0.5) is 0 Å². The molecule has 1 heterocycles. The second kappa shape index (κ2) is 2.74. The summed E-state index contributed by atoms with van der Waals surface area (Å²) in [5, 5.41) is 13.9. The third-order valence-electron chi connectivity index (χ3n) is 0.773. The van der Waals surface area contributed by atoms with Gasteiger partial charge in [0.1, 0.15) is 0 Å². The molecule has 0 spiro atoms. The average molecular weight is 130 g/mol. The van der Waals surface area contributed by atoms with E-state index in [9.17, 15) is 0 Å². The van der Waals surface area contributed by atoms with Crippen LogP contribution in [-0.2, 0) is 6.42 Å². The van der Waals surface area contributed by atoms with Crippen LogP contribution in [0.3, 0.4) is 0 Å². The van der Waals surface area contributed by atoms with Gasteiger partial charge in [0, 0.05) is 18.4 Å². The van der Waals surface area contributed by atoms with Crippen molar-refractivity contribution in [3.63, 3.8) is 0 Å². The third kappa shape index (κ3) is 1.24. The van der Waals surface area contributed by atoms with Gasteiger partial charge in [-0.1, -0.05) is 4.49 Å². The lowest BCUT2D eigenvalue weighted by Crippen LogP contribution is -1.89. The summed E-state index contributed by atoms with van der Waals surface area (Å²) in [5.74, 6) is 0. The fourth-order valence-corrected chi connectivity index (χ4v) is 0.893. The highest BCUT2D eigenvalue weighted by Crippen LogP contribution is 1.95. The Bertz CT molecular complexity index is 140. The van der Waals surface area contributed by atoms with E-state index in [1.807, 2.05) is 5.38 Å². The molecule has 0 radical (unpaired) electrons. The molecule has 0 aliphatic carbocycles. The summed E-state index contributed by atoms with van der Waals surface area (Å²) in [6.45, 7) is 0.158. The molecule has 3 nitrogen and oxygen atoms in total. The van der Waals surface area contributed by atoms with E-state index in [2.05, 4.69) is 9.59 Å². The largest absolute Gasteiger partial charge is 0.396 e.